The molecule has 1 amide bonds. The van der Waals surface area contributed by atoms with Gasteiger partial charge >= 0.3 is 0 Å². The van der Waals surface area contributed by atoms with Gasteiger partial charge in [-0.15, -0.1) is 0 Å². The molecular weight excluding hydrogens is 442 g/mol. The number of fused-ring (bicyclic) bond motifs is 1. The van der Waals surface area contributed by atoms with Crippen LogP contribution in [0.25, 0.3) is 17.4 Å². The Hall–Kier alpha value is -2.74. The van der Waals surface area contributed by atoms with E-state index in [1.165, 1.54) is 4.70 Å². The average Bonchev–Trinajstić information content (AvgIpc) is 3.41. The van der Waals surface area contributed by atoms with Crippen LogP contribution in [0, 0.1) is 0 Å². The lowest BCUT2D eigenvalue weighted by molar-refractivity contribution is -0.116. The fourth-order valence-electron chi connectivity index (χ4n) is 2.89. The smallest absolute Gasteiger partial charge is 0.258 e. The summed E-state index contributed by atoms with van der Waals surface area (Å²) >= 11 is 12.3. The highest BCUT2D eigenvalue weighted by atomic mass is 35.5. The quantitative estimate of drug-likeness (QED) is 0.364. The third-order valence-corrected chi connectivity index (χ3v) is 5.60. The molecule has 1 N–H and O–H groups in total. The van der Waals surface area contributed by atoms with Crippen molar-refractivity contribution in [3.8, 4) is 22.8 Å². The lowest BCUT2D eigenvalue weighted by atomic mass is 10.2. The van der Waals surface area contributed by atoms with Gasteiger partial charge in [-0.3, -0.25) is 4.79 Å². The zero-order valence-corrected chi connectivity index (χ0v) is 18.0. The summed E-state index contributed by atoms with van der Waals surface area (Å²) in [5.74, 6) is 2.28. The van der Waals surface area contributed by atoms with Crippen LogP contribution >= 0.6 is 35.6 Å². The van der Waals surface area contributed by atoms with E-state index in [-0.39, 0.29) is 12.7 Å². The Morgan fingerprint density at radius 3 is 2.80 bits per heavy atom. The van der Waals surface area contributed by atoms with Crippen LogP contribution in [0.3, 0.4) is 0 Å². The molecular formula is C22H16ClNO4S2. The van der Waals surface area contributed by atoms with Gasteiger partial charge in [0.1, 0.15) is 11.5 Å². The number of ether oxygens (including phenoxy) is 2. The number of furan rings is 1. The topological polar surface area (TPSA) is 60.7 Å². The number of amides is 1. The lowest BCUT2D eigenvalue weighted by Crippen LogP contribution is -2.23. The summed E-state index contributed by atoms with van der Waals surface area (Å²) in [4.78, 5) is 13.1. The molecule has 0 unspecified atom stereocenters. The van der Waals surface area contributed by atoms with Gasteiger partial charge in [0.15, 0.2) is 11.5 Å². The van der Waals surface area contributed by atoms with Gasteiger partial charge in [0.2, 0.25) is 6.79 Å². The maximum absolute atomic E-state index is 12.7. The standard InChI is InChI=1S/C22H16ClNO4S2/c23-17-4-2-1-3-16(17)18-8-6-15(28-18)10-21(30-13-29)22(25)24-11-14-5-7-19-20(9-14)27-12-26-19/h1-10,13H,11-12H2,(H,24,25)/b21-10-. The number of carbonyl (C=O) groups excluding carboxylic acids is 1. The maximum Gasteiger partial charge on any atom is 0.258 e. The molecule has 0 saturated carbocycles. The molecule has 0 atom stereocenters. The first-order valence-corrected chi connectivity index (χ1v) is 10.7. The second kappa shape index (κ2) is 9.38. The van der Waals surface area contributed by atoms with Crippen molar-refractivity contribution in [2.75, 3.05) is 6.79 Å². The summed E-state index contributed by atoms with van der Waals surface area (Å²) in [6.07, 6.45) is 1.66. The number of nitrogens with one attached hydrogen (secondary N) is 1. The van der Waals surface area contributed by atoms with Crippen LogP contribution in [0.1, 0.15) is 11.3 Å². The number of carbonyl (C=O) groups is 1. The summed E-state index contributed by atoms with van der Waals surface area (Å²) in [5.41, 5.74) is 1.69. The Morgan fingerprint density at radius 1 is 1.13 bits per heavy atom. The molecule has 2 aromatic carbocycles. The van der Waals surface area contributed by atoms with Gasteiger partial charge in [-0.2, -0.15) is 0 Å². The van der Waals surface area contributed by atoms with Gasteiger partial charge in [-0.05, 0) is 42.0 Å². The highest BCUT2D eigenvalue weighted by molar-refractivity contribution is 8.24. The Balaban J connectivity index is 1.47. The van der Waals surface area contributed by atoms with Crippen LogP contribution < -0.4 is 14.8 Å². The van der Waals surface area contributed by atoms with E-state index in [0.29, 0.717) is 39.5 Å². The van der Waals surface area contributed by atoms with E-state index < -0.39 is 0 Å². The van der Waals surface area contributed by atoms with E-state index >= 15 is 0 Å². The van der Waals surface area contributed by atoms with E-state index in [4.69, 9.17) is 37.7 Å². The third-order valence-electron chi connectivity index (χ3n) is 4.33. The molecule has 30 heavy (non-hydrogen) atoms. The first kappa shape index (κ1) is 20.5. The number of thiocarbonyl (C=S) groups is 1. The van der Waals surface area contributed by atoms with Crippen LogP contribution in [-0.4, -0.2) is 17.4 Å². The summed E-state index contributed by atoms with van der Waals surface area (Å²) in [7, 11) is 0. The number of benzene rings is 2. The van der Waals surface area contributed by atoms with Gasteiger partial charge in [0, 0.05) is 22.9 Å². The summed E-state index contributed by atoms with van der Waals surface area (Å²) < 4.78 is 18.0. The van der Waals surface area contributed by atoms with Gasteiger partial charge in [-0.25, -0.2) is 0 Å². The van der Waals surface area contributed by atoms with Crippen molar-refractivity contribution in [1.82, 2.24) is 5.32 Å². The molecule has 1 aliphatic heterocycles. The Morgan fingerprint density at radius 2 is 1.97 bits per heavy atom. The molecule has 8 heteroatoms. The predicted molar refractivity (Wildman–Crippen MR) is 123 cm³/mol. The molecule has 3 aromatic rings. The monoisotopic (exact) mass is 457 g/mol. The van der Waals surface area contributed by atoms with Crippen LogP contribution in [0.15, 0.2) is 63.9 Å². The molecule has 1 aromatic heterocycles. The number of hydrogen-bond donors (Lipinski definition) is 1. The molecule has 5 nitrogen and oxygen atoms in total. The highest BCUT2D eigenvalue weighted by Gasteiger charge is 2.15. The fourth-order valence-corrected chi connectivity index (χ4v) is 3.90. The van der Waals surface area contributed by atoms with Crippen molar-refractivity contribution in [2.45, 2.75) is 6.54 Å². The number of thioether (sulfide) groups is 1. The first-order valence-electron chi connectivity index (χ1n) is 8.97. The fraction of sp³-hybridized carbons (Fsp3) is 0.0909. The van der Waals surface area contributed by atoms with Crippen LogP contribution in [0.4, 0.5) is 0 Å². The van der Waals surface area contributed by atoms with Gasteiger partial charge < -0.3 is 19.2 Å². The average molecular weight is 458 g/mol. The maximum atomic E-state index is 12.7. The molecule has 2 heterocycles. The van der Waals surface area contributed by atoms with E-state index in [0.717, 1.165) is 22.9 Å². The molecule has 0 saturated heterocycles. The number of rotatable bonds is 7. The molecule has 0 spiro atoms. The van der Waals surface area contributed by atoms with Gasteiger partial charge in [-0.1, -0.05) is 53.8 Å². The van der Waals surface area contributed by atoms with Crippen molar-refractivity contribution in [3.05, 3.63) is 75.8 Å². The Bertz CT molecular complexity index is 1130. The molecule has 0 fully saturated rings. The second-order valence-electron chi connectivity index (χ2n) is 6.27. The van der Waals surface area contributed by atoms with Crippen molar-refractivity contribution < 1.29 is 18.7 Å². The Labute approximate surface area is 188 Å². The summed E-state index contributed by atoms with van der Waals surface area (Å²) in [6.45, 7) is 0.552. The number of halogens is 1. The lowest BCUT2D eigenvalue weighted by Gasteiger charge is -2.07. The third kappa shape index (κ3) is 4.70. The van der Waals surface area contributed by atoms with E-state index in [9.17, 15) is 4.79 Å². The number of hydrogen-bond acceptors (Lipinski definition) is 6. The molecule has 0 radical (unpaired) electrons. The second-order valence-corrected chi connectivity index (χ2v) is 8.13. The zero-order chi connectivity index (χ0) is 20.9. The first-order chi connectivity index (χ1) is 14.6. The van der Waals surface area contributed by atoms with Crippen molar-refractivity contribution in [1.29, 1.82) is 0 Å². The van der Waals surface area contributed by atoms with Crippen molar-refractivity contribution >= 4 is 52.3 Å². The minimum atomic E-state index is -0.255. The predicted octanol–water partition coefficient (Wildman–Crippen LogP) is 5.68. The van der Waals surface area contributed by atoms with Crippen LogP contribution in [-0.2, 0) is 11.3 Å². The SMILES string of the molecule is O=C(NCc1ccc2c(c1)OCO2)/C(=C/c1ccc(-c2ccccc2Cl)o1)SC=S. The van der Waals surface area contributed by atoms with E-state index in [1.54, 1.807) is 18.2 Å². The van der Waals surface area contributed by atoms with Crippen LogP contribution in [0.5, 0.6) is 11.5 Å². The Kier molecular flexibility index (Phi) is 6.42. The highest BCUT2D eigenvalue weighted by Crippen LogP contribution is 2.33. The minimum absolute atomic E-state index is 0.211. The largest absolute Gasteiger partial charge is 0.457 e. The van der Waals surface area contributed by atoms with Crippen molar-refractivity contribution in [3.63, 3.8) is 0 Å². The molecule has 1 aliphatic rings. The van der Waals surface area contributed by atoms with E-state index in [1.807, 2.05) is 42.5 Å². The van der Waals surface area contributed by atoms with Gasteiger partial charge in [0.25, 0.3) is 5.91 Å². The summed E-state index contributed by atoms with van der Waals surface area (Å²) in [6, 6.07) is 16.6. The van der Waals surface area contributed by atoms with Gasteiger partial charge in [0.05, 0.1) is 9.93 Å². The normalized spacial score (nSPS) is 12.6. The zero-order valence-electron chi connectivity index (χ0n) is 15.6. The summed E-state index contributed by atoms with van der Waals surface area (Å²) in [5, 5.41) is 3.48. The van der Waals surface area contributed by atoms with Crippen LogP contribution in [0.2, 0.25) is 5.02 Å². The van der Waals surface area contributed by atoms with E-state index in [2.05, 4.69) is 5.32 Å². The molecule has 152 valence electrons. The molecule has 4 rings (SSSR count). The minimum Gasteiger partial charge on any atom is -0.457 e. The van der Waals surface area contributed by atoms with Crippen molar-refractivity contribution in [2.24, 2.45) is 0 Å². The molecule has 0 aliphatic carbocycles. The molecule has 0 bridgehead atoms.